The van der Waals surface area contributed by atoms with Crippen LogP contribution in [0, 0.1) is 0 Å². The lowest BCUT2D eigenvalue weighted by atomic mass is 10.2. The fourth-order valence-corrected chi connectivity index (χ4v) is 1.41. The van der Waals surface area contributed by atoms with Crippen molar-refractivity contribution in [3.05, 3.63) is 24.2 Å². The zero-order chi connectivity index (χ0) is 13.4. The van der Waals surface area contributed by atoms with Crippen molar-refractivity contribution in [2.24, 2.45) is 0 Å². The van der Waals surface area contributed by atoms with Crippen LogP contribution in [0.1, 0.15) is 16.8 Å². The normalized spacial score (nSPS) is 10.1. The molecule has 0 radical (unpaired) electrons. The Morgan fingerprint density at radius 3 is 2.67 bits per heavy atom. The van der Waals surface area contributed by atoms with Crippen molar-refractivity contribution in [2.45, 2.75) is 6.42 Å². The first-order valence-corrected chi connectivity index (χ1v) is 5.56. The molecule has 0 saturated heterocycles. The van der Waals surface area contributed by atoms with Gasteiger partial charge in [-0.2, -0.15) is 0 Å². The van der Waals surface area contributed by atoms with Gasteiger partial charge in [0.25, 0.3) is 5.91 Å². The topological polar surface area (TPSA) is 69.0 Å². The van der Waals surface area contributed by atoms with Gasteiger partial charge in [-0.25, -0.2) is 0 Å². The van der Waals surface area contributed by atoms with Crippen molar-refractivity contribution in [3.63, 3.8) is 0 Å². The average Bonchev–Trinajstić information content (AvgIpc) is 2.91. The van der Waals surface area contributed by atoms with E-state index in [0.717, 1.165) is 0 Å². The molecule has 1 heterocycles. The summed E-state index contributed by atoms with van der Waals surface area (Å²) in [6.45, 7) is 1.11. The minimum atomic E-state index is -0.350. The van der Waals surface area contributed by atoms with E-state index in [2.05, 4.69) is 4.74 Å². The number of carbonyl (C=O) groups is 2. The third kappa shape index (κ3) is 4.21. The second kappa shape index (κ2) is 7.50. The quantitative estimate of drug-likeness (QED) is 0.678. The van der Waals surface area contributed by atoms with E-state index < -0.39 is 0 Å². The third-order valence-electron chi connectivity index (χ3n) is 2.43. The van der Waals surface area contributed by atoms with Crippen LogP contribution in [0.4, 0.5) is 0 Å². The van der Waals surface area contributed by atoms with E-state index in [1.165, 1.54) is 24.5 Å². The first kappa shape index (κ1) is 14.2. The predicted octanol–water partition coefficient (Wildman–Crippen LogP) is 0.931. The molecule has 0 bridgehead atoms. The Balaban J connectivity index is 2.59. The van der Waals surface area contributed by atoms with Crippen molar-refractivity contribution in [3.8, 4) is 0 Å². The Morgan fingerprint density at radius 1 is 1.33 bits per heavy atom. The number of amides is 1. The summed E-state index contributed by atoms with van der Waals surface area (Å²) in [4.78, 5) is 24.7. The maximum absolute atomic E-state index is 12.1. The van der Waals surface area contributed by atoms with Gasteiger partial charge in [0, 0.05) is 20.2 Å². The largest absolute Gasteiger partial charge is 0.472 e. The van der Waals surface area contributed by atoms with E-state index in [9.17, 15) is 9.59 Å². The summed E-state index contributed by atoms with van der Waals surface area (Å²) in [7, 11) is 2.88. The smallest absolute Gasteiger partial charge is 0.307 e. The maximum Gasteiger partial charge on any atom is 0.307 e. The molecule has 1 aromatic rings. The lowest BCUT2D eigenvalue weighted by Gasteiger charge is -2.21. The predicted molar refractivity (Wildman–Crippen MR) is 63.1 cm³/mol. The molecule has 6 heteroatoms. The summed E-state index contributed by atoms with van der Waals surface area (Å²) >= 11 is 0. The van der Waals surface area contributed by atoms with Gasteiger partial charge >= 0.3 is 5.97 Å². The van der Waals surface area contributed by atoms with Crippen molar-refractivity contribution >= 4 is 11.9 Å². The summed E-state index contributed by atoms with van der Waals surface area (Å²) in [5, 5.41) is 0. The minimum absolute atomic E-state index is 0.157. The van der Waals surface area contributed by atoms with Gasteiger partial charge in [0.05, 0.1) is 32.0 Å². The highest BCUT2D eigenvalue weighted by molar-refractivity contribution is 5.94. The summed E-state index contributed by atoms with van der Waals surface area (Å²) < 4.78 is 14.4. The first-order chi connectivity index (χ1) is 8.69. The molecule has 0 aromatic carbocycles. The lowest BCUT2D eigenvalue weighted by Crippen LogP contribution is -2.35. The van der Waals surface area contributed by atoms with Crippen LogP contribution in [0.2, 0.25) is 0 Å². The zero-order valence-electron chi connectivity index (χ0n) is 10.5. The van der Waals surface area contributed by atoms with Crippen molar-refractivity contribution in [1.82, 2.24) is 4.90 Å². The molecule has 0 fully saturated rings. The molecule has 100 valence electrons. The maximum atomic E-state index is 12.1. The molecule has 0 aliphatic rings. The Bertz CT molecular complexity index is 374. The molecule has 0 N–H and O–H groups in total. The summed E-state index contributed by atoms with van der Waals surface area (Å²) in [5.41, 5.74) is 0.455. The number of furan rings is 1. The van der Waals surface area contributed by atoms with Gasteiger partial charge in [0.15, 0.2) is 0 Å². The molecule has 1 amide bonds. The molecular weight excluding hydrogens is 238 g/mol. The molecule has 6 nitrogen and oxygen atoms in total. The average molecular weight is 255 g/mol. The van der Waals surface area contributed by atoms with Crippen molar-refractivity contribution in [2.75, 3.05) is 33.9 Å². The molecular formula is C12H17NO5. The number of carbonyl (C=O) groups excluding carboxylic acids is 2. The third-order valence-corrected chi connectivity index (χ3v) is 2.43. The van der Waals surface area contributed by atoms with Gasteiger partial charge in [-0.1, -0.05) is 0 Å². The molecule has 1 rings (SSSR count). The van der Waals surface area contributed by atoms with Gasteiger partial charge in [-0.05, 0) is 6.07 Å². The fourth-order valence-electron chi connectivity index (χ4n) is 1.41. The van der Waals surface area contributed by atoms with E-state index in [-0.39, 0.29) is 18.3 Å². The number of esters is 1. The van der Waals surface area contributed by atoms with Crippen LogP contribution in [0.3, 0.4) is 0 Å². The number of hydrogen-bond acceptors (Lipinski definition) is 5. The zero-order valence-corrected chi connectivity index (χ0v) is 10.5. The van der Waals surface area contributed by atoms with Crippen LogP contribution in [-0.4, -0.2) is 50.7 Å². The van der Waals surface area contributed by atoms with E-state index in [1.807, 2.05) is 0 Å². The number of rotatable bonds is 7. The highest BCUT2D eigenvalue weighted by atomic mass is 16.5. The summed E-state index contributed by atoms with van der Waals surface area (Å²) in [5.74, 6) is -0.540. The van der Waals surface area contributed by atoms with Gasteiger partial charge in [0.1, 0.15) is 6.26 Å². The van der Waals surface area contributed by atoms with E-state index >= 15 is 0 Å². The number of ether oxygens (including phenoxy) is 2. The number of methoxy groups -OCH3 is 2. The van der Waals surface area contributed by atoms with Crippen LogP contribution in [-0.2, 0) is 14.3 Å². The van der Waals surface area contributed by atoms with Crippen LogP contribution in [0.25, 0.3) is 0 Å². The first-order valence-electron chi connectivity index (χ1n) is 5.56. The van der Waals surface area contributed by atoms with Crippen LogP contribution >= 0.6 is 0 Å². The van der Waals surface area contributed by atoms with Gasteiger partial charge in [-0.15, -0.1) is 0 Å². The second-order valence-electron chi connectivity index (χ2n) is 3.62. The standard InChI is InChI=1S/C12H17NO5/c1-16-8-6-13(5-3-11(14)17-2)12(15)10-4-7-18-9-10/h4,7,9H,3,5-6,8H2,1-2H3. The monoisotopic (exact) mass is 255 g/mol. The molecule has 0 atom stereocenters. The highest BCUT2D eigenvalue weighted by Crippen LogP contribution is 2.06. The molecule has 18 heavy (non-hydrogen) atoms. The Hall–Kier alpha value is -1.82. The molecule has 0 aliphatic carbocycles. The number of nitrogens with zero attached hydrogens (tertiary/aromatic N) is 1. The summed E-state index contributed by atoms with van der Waals surface area (Å²) in [6, 6.07) is 1.58. The Kier molecular flexibility index (Phi) is 5.93. The van der Waals surface area contributed by atoms with E-state index in [4.69, 9.17) is 9.15 Å². The Labute approximate surface area is 105 Å². The molecule has 1 aromatic heterocycles. The molecule has 0 aliphatic heterocycles. The second-order valence-corrected chi connectivity index (χ2v) is 3.62. The Morgan fingerprint density at radius 2 is 2.11 bits per heavy atom. The van der Waals surface area contributed by atoms with Crippen molar-refractivity contribution in [1.29, 1.82) is 0 Å². The van der Waals surface area contributed by atoms with Crippen LogP contribution in [0.15, 0.2) is 23.0 Å². The summed E-state index contributed by atoms with van der Waals surface area (Å²) in [6.07, 6.45) is 2.96. The van der Waals surface area contributed by atoms with Gasteiger partial charge in [-0.3, -0.25) is 9.59 Å². The highest BCUT2D eigenvalue weighted by Gasteiger charge is 2.17. The molecule has 0 spiro atoms. The lowest BCUT2D eigenvalue weighted by molar-refractivity contribution is -0.140. The van der Waals surface area contributed by atoms with E-state index in [1.54, 1.807) is 13.2 Å². The van der Waals surface area contributed by atoms with Crippen LogP contribution in [0.5, 0.6) is 0 Å². The van der Waals surface area contributed by atoms with Gasteiger partial charge < -0.3 is 18.8 Å². The SMILES string of the molecule is COCCN(CCC(=O)OC)C(=O)c1ccoc1. The van der Waals surface area contributed by atoms with E-state index in [0.29, 0.717) is 25.3 Å². The van der Waals surface area contributed by atoms with Gasteiger partial charge in [0.2, 0.25) is 0 Å². The fraction of sp³-hybridized carbons (Fsp3) is 0.500. The molecule has 0 unspecified atom stereocenters. The van der Waals surface area contributed by atoms with Crippen LogP contribution < -0.4 is 0 Å². The van der Waals surface area contributed by atoms with Crippen molar-refractivity contribution < 1.29 is 23.5 Å². The minimum Gasteiger partial charge on any atom is -0.472 e. The number of hydrogen-bond donors (Lipinski definition) is 0. The molecule has 0 saturated carbocycles.